The largest absolute Gasteiger partial charge is 0.493 e. The number of nitrogens with zero attached hydrogens (tertiary/aromatic N) is 3. The third-order valence-corrected chi connectivity index (χ3v) is 6.82. The van der Waals surface area contributed by atoms with Crippen LogP contribution in [0.5, 0.6) is 11.5 Å². The number of carbonyl (C=O) groups excluding carboxylic acids is 1. The van der Waals surface area contributed by atoms with Gasteiger partial charge in [0.2, 0.25) is 5.91 Å². The molecule has 0 saturated carbocycles. The molecule has 3 aromatic rings. The summed E-state index contributed by atoms with van der Waals surface area (Å²) in [5.74, 6) is -3.51. The lowest BCUT2D eigenvalue weighted by Crippen LogP contribution is -2.46. The summed E-state index contributed by atoms with van der Waals surface area (Å²) < 4.78 is 62.1. The first kappa shape index (κ1) is 29.3. The lowest BCUT2D eigenvalue weighted by Gasteiger charge is -2.30. The van der Waals surface area contributed by atoms with Crippen LogP contribution in [0.3, 0.4) is 0 Å². The van der Waals surface area contributed by atoms with E-state index in [1.54, 1.807) is 37.9 Å². The molecule has 1 aliphatic heterocycles. The van der Waals surface area contributed by atoms with Gasteiger partial charge in [-0.1, -0.05) is 12.1 Å². The first-order valence-corrected chi connectivity index (χ1v) is 12.7. The van der Waals surface area contributed by atoms with Gasteiger partial charge in [-0.05, 0) is 39.8 Å². The van der Waals surface area contributed by atoms with Crippen molar-refractivity contribution in [3.63, 3.8) is 0 Å². The Bertz CT molecular complexity index is 1410. The minimum Gasteiger partial charge on any atom is -0.493 e. The molecule has 1 saturated heterocycles. The molecule has 1 fully saturated rings. The number of nitrogens with one attached hydrogen (secondary N) is 1. The summed E-state index contributed by atoms with van der Waals surface area (Å²) in [6.45, 7) is 5.67. The molecule has 2 heterocycles. The molecule has 1 amide bonds. The number of methoxy groups -OCH3 is 1. The molecule has 1 aromatic heterocycles. The van der Waals surface area contributed by atoms with E-state index in [1.807, 2.05) is 0 Å². The van der Waals surface area contributed by atoms with Crippen LogP contribution in [0, 0.1) is 12.7 Å². The molecule has 4 rings (SSSR count). The lowest BCUT2D eigenvalue weighted by molar-refractivity contribution is -0.170. The minimum atomic E-state index is -3.82. The molecular formula is C28H33F3N4O5. The van der Waals surface area contributed by atoms with Crippen LogP contribution in [0.4, 0.5) is 19.0 Å². The topological polar surface area (TPSA) is 106 Å². The Kier molecular flexibility index (Phi) is 8.13. The average molecular weight is 563 g/mol. The Morgan fingerprint density at radius 3 is 2.62 bits per heavy atom. The molecule has 216 valence electrons. The van der Waals surface area contributed by atoms with Crippen LogP contribution in [0.25, 0.3) is 10.9 Å². The van der Waals surface area contributed by atoms with Crippen molar-refractivity contribution in [3.05, 3.63) is 53.1 Å². The Hall–Kier alpha value is -3.64. The first-order chi connectivity index (χ1) is 18.7. The zero-order chi connectivity index (χ0) is 29.4. The van der Waals surface area contributed by atoms with Crippen LogP contribution in [0.2, 0.25) is 0 Å². The van der Waals surface area contributed by atoms with Gasteiger partial charge in [-0.25, -0.2) is 14.4 Å². The molecule has 9 nitrogen and oxygen atoms in total. The molecule has 12 heteroatoms. The van der Waals surface area contributed by atoms with Crippen molar-refractivity contribution in [1.82, 2.24) is 14.9 Å². The Labute approximate surface area is 230 Å². The predicted molar refractivity (Wildman–Crippen MR) is 142 cm³/mol. The number of halogens is 3. The van der Waals surface area contributed by atoms with Crippen molar-refractivity contribution in [2.75, 3.05) is 39.2 Å². The van der Waals surface area contributed by atoms with Crippen LogP contribution in [0.15, 0.2) is 30.3 Å². The maximum atomic E-state index is 15.4. The lowest BCUT2D eigenvalue weighted by atomic mass is 9.91. The summed E-state index contributed by atoms with van der Waals surface area (Å²) in [6.07, 6.45) is -0.340. The Morgan fingerprint density at radius 1 is 1.25 bits per heavy atom. The number of anilines is 1. The number of aryl methyl sites for hydroxylation is 1. The summed E-state index contributed by atoms with van der Waals surface area (Å²) >= 11 is 0. The monoisotopic (exact) mass is 562 g/mol. The molecule has 2 atom stereocenters. The number of rotatable bonds is 9. The Balaban J connectivity index is 1.66. The summed E-state index contributed by atoms with van der Waals surface area (Å²) in [5, 5.41) is 13.6. The summed E-state index contributed by atoms with van der Waals surface area (Å²) in [4.78, 5) is 22.2. The number of hydrogen-bond donors (Lipinski definition) is 2. The fraction of sp³-hybridized carbons (Fsp3) is 0.464. The van der Waals surface area contributed by atoms with Crippen molar-refractivity contribution in [3.8, 4) is 11.5 Å². The van der Waals surface area contributed by atoms with Crippen LogP contribution in [-0.4, -0.2) is 71.5 Å². The van der Waals surface area contributed by atoms with Crippen molar-refractivity contribution in [1.29, 1.82) is 0 Å². The number of morpholine rings is 1. The first-order valence-electron chi connectivity index (χ1n) is 12.7. The van der Waals surface area contributed by atoms with Gasteiger partial charge >= 0.3 is 5.92 Å². The number of benzene rings is 2. The number of alkyl halides is 2. The van der Waals surface area contributed by atoms with Gasteiger partial charge in [-0.2, -0.15) is 8.78 Å². The van der Waals surface area contributed by atoms with E-state index in [-0.39, 0.29) is 30.8 Å². The SMILES string of the molecule is COc1cc2nc(C)nc(N[C@H](C)c3cccc(C(F)(F)C(C)(C)O)c3F)c2cc1OC[C@H]1CN(C)C(=O)CO1. The van der Waals surface area contributed by atoms with Crippen molar-refractivity contribution in [2.45, 2.75) is 51.4 Å². The number of aliphatic hydroxyl groups is 1. The molecule has 0 aliphatic carbocycles. The summed E-state index contributed by atoms with van der Waals surface area (Å²) in [6, 6.07) is 6.26. The van der Waals surface area contributed by atoms with E-state index in [0.29, 0.717) is 40.6 Å². The highest BCUT2D eigenvalue weighted by molar-refractivity contribution is 5.92. The molecule has 2 N–H and O–H groups in total. The Morgan fingerprint density at radius 2 is 1.98 bits per heavy atom. The maximum absolute atomic E-state index is 15.4. The maximum Gasteiger partial charge on any atom is 0.303 e. The number of fused-ring (bicyclic) bond motifs is 1. The highest BCUT2D eigenvalue weighted by atomic mass is 19.3. The van der Waals surface area contributed by atoms with Crippen molar-refractivity contribution < 1.29 is 37.3 Å². The van der Waals surface area contributed by atoms with Gasteiger partial charge in [0, 0.05) is 30.6 Å². The third-order valence-electron chi connectivity index (χ3n) is 6.82. The van der Waals surface area contributed by atoms with Gasteiger partial charge in [0.25, 0.3) is 0 Å². The molecule has 0 bridgehead atoms. The van der Waals surface area contributed by atoms with Crippen LogP contribution >= 0.6 is 0 Å². The van der Waals surface area contributed by atoms with E-state index in [4.69, 9.17) is 14.2 Å². The molecule has 0 radical (unpaired) electrons. The second-order valence-corrected chi connectivity index (χ2v) is 10.4. The normalized spacial score (nSPS) is 17.2. The zero-order valence-electron chi connectivity index (χ0n) is 23.2. The molecule has 0 unspecified atom stereocenters. The van der Waals surface area contributed by atoms with Gasteiger partial charge < -0.3 is 29.5 Å². The van der Waals surface area contributed by atoms with Gasteiger partial charge in [-0.15, -0.1) is 0 Å². The molecule has 0 spiro atoms. The average Bonchev–Trinajstić information content (AvgIpc) is 2.88. The standard InChI is InChI=1S/C28H33F3N4O5/c1-15(18-8-7-9-20(25(18)29)28(30,31)27(3,4)37)32-26-19-10-23(22(38-6)11-21(19)33-16(2)34-26)40-13-17-12-35(5)24(36)14-39-17/h7-11,15,17,37H,12-14H2,1-6H3,(H,32,33,34)/t15-,17-/m1/s1. The number of aromatic nitrogens is 2. The van der Waals surface area contributed by atoms with E-state index in [2.05, 4.69) is 15.3 Å². The van der Waals surface area contributed by atoms with Gasteiger partial charge in [0.1, 0.15) is 42.4 Å². The number of amides is 1. The highest BCUT2D eigenvalue weighted by Gasteiger charge is 2.49. The van der Waals surface area contributed by atoms with E-state index >= 15 is 4.39 Å². The summed E-state index contributed by atoms with van der Waals surface area (Å²) in [5.41, 5.74) is -2.86. The van der Waals surface area contributed by atoms with Crippen LogP contribution in [0.1, 0.15) is 43.8 Å². The van der Waals surface area contributed by atoms with Gasteiger partial charge in [-0.3, -0.25) is 4.79 Å². The fourth-order valence-corrected chi connectivity index (χ4v) is 4.42. The predicted octanol–water partition coefficient (Wildman–Crippen LogP) is 4.36. The summed E-state index contributed by atoms with van der Waals surface area (Å²) in [7, 11) is 3.18. The zero-order valence-corrected chi connectivity index (χ0v) is 23.2. The number of ether oxygens (including phenoxy) is 3. The van der Waals surface area contributed by atoms with Crippen LogP contribution in [-0.2, 0) is 15.5 Å². The minimum absolute atomic E-state index is 0.0241. The smallest absolute Gasteiger partial charge is 0.303 e. The van der Waals surface area contributed by atoms with Gasteiger partial charge in [0.15, 0.2) is 11.5 Å². The second kappa shape index (κ2) is 11.1. The molecular weight excluding hydrogens is 529 g/mol. The van der Waals surface area contributed by atoms with E-state index < -0.39 is 28.9 Å². The number of hydrogen-bond acceptors (Lipinski definition) is 8. The second-order valence-electron chi connectivity index (χ2n) is 10.4. The van der Waals surface area contributed by atoms with Crippen molar-refractivity contribution >= 4 is 22.6 Å². The molecule has 1 aliphatic rings. The van der Waals surface area contributed by atoms with Gasteiger partial charge in [0.05, 0.1) is 24.2 Å². The van der Waals surface area contributed by atoms with E-state index in [1.165, 1.54) is 19.2 Å². The number of carbonyl (C=O) groups is 1. The van der Waals surface area contributed by atoms with Crippen molar-refractivity contribution in [2.24, 2.45) is 0 Å². The fourth-order valence-electron chi connectivity index (χ4n) is 4.42. The third kappa shape index (κ3) is 5.78. The highest BCUT2D eigenvalue weighted by Crippen LogP contribution is 2.42. The van der Waals surface area contributed by atoms with E-state index in [9.17, 15) is 18.7 Å². The quantitative estimate of drug-likeness (QED) is 0.397. The molecule has 40 heavy (non-hydrogen) atoms. The molecule has 2 aromatic carbocycles. The number of likely N-dealkylation sites (N-methyl/N-ethyl adjacent to an activating group) is 1. The van der Waals surface area contributed by atoms with Crippen LogP contribution < -0.4 is 14.8 Å². The van der Waals surface area contributed by atoms with E-state index in [0.717, 1.165) is 19.9 Å².